The van der Waals surface area contributed by atoms with Crippen LogP contribution in [0.4, 0.5) is 0 Å². The highest BCUT2D eigenvalue weighted by Gasteiger charge is 2.41. The molecular weight excluding hydrogens is 417 g/mol. The Bertz CT molecular complexity index is 849. The van der Waals surface area contributed by atoms with E-state index in [0.29, 0.717) is 0 Å². The molecule has 168 valence electrons. The van der Waals surface area contributed by atoms with Gasteiger partial charge in [0.05, 0.1) is 19.6 Å². The van der Waals surface area contributed by atoms with Crippen LogP contribution in [0.5, 0.6) is 0 Å². The first-order chi connectivity index (χ1) is 15.0. The van der Waals surface area contributed by atoms with Crippen molar-refractivity contribution in [3.05, 3.63) is 71.8 Å². The van der Waals surface area contributed by atoms with Crippen molar-refractivity contribution in [2.24, 2.45) is 0 Å². The van der Waals surface area contributed by atoms with Crippen LogP contribution in [0.2, 0.25) is 0 Å². The molecule has 0 heterocycles. The zero-order valence-corrected chi connectivity index (χ0v) is 18.9. The molecule has 1 amide bonds. The van der Waals surface area contributed by atoms with E-state index in [1.807, 2.05) is 60.7 Å². The summed E-state index contributed by atoms with van der Waals surface area (Å²) in [6, 6.07) is 18.6. The van der Waals surface area contributed by atoms with Crippen LogP contribution in [-0.4, -0.2) is 37.3 Å². The summed E-state index contributed by atoms with van der Waals surface area (Å²) in [5.74, 6) is -0.911. The van der Waals surface area contributed by atoms with Gasteiger partial charge in [-0.2, -0.15) is 0 Å². The zero-order chi connectivity index (χ0) is 22.5. The van der Waals surface area contributed by atoms with Gasteiger partial charge in [0.25, 0.3) is 0 Å². The molecule has 1 atom stereocenters. The minimum atomic E-state index is -3.70. The molecule has 0 saturated carbocycles. The van der Waals surface area contributed by atoms with Gasteiger partial charge in [-0.05, 0) is 31.4 Å². The van der Waals surface area contributed by atoms with E-state index >= 15 is 0 Å². The highest BCUT2D eigenvalue weighted by Crippen LogP contribution is 2.54. The summed E-state index contributed by atoms with van der Waals surface area (Å²) < 4.78 is 29.4. The molecule has 0 saturated heterocycles. The van der Waals surface area contributed by atoms with Gasteiger partial charge in [0.15, 0.2) is 0 Å². The number of carbonyl (C=O) groups excluding carboxylic acids is 2. The summed E-state index contributed by atoms with van der Waals surface area (Å²) in [7, 11) is -3.70. The van der Waals surface area contributed by atoms with Gasteiger partial charge in [-0.1, -0.05) is 60.7 Å². The zero-order valence-electron chi connectivity index (χ0n) is 18.0. The summed E-state index contributed by atoms with van der Waals surface area (Å²) in [6.07, 6.45) is 0.201. The number of benzene rings is 2. The van der Waals surface area contributed by atoms with Crippen LogP contribution >= 0.6 is 7.60 Å². The largest absolute Gasteiger partial charge is 0.461 e. The van der Waals surface area contributed by atoms with Crippen molar-refractivity contribution in [1.82, 2.24) is 5.32 Å². The van der Waals surface area contributed by atoms with E-state index in [0.717, 1.165) is 11.1 Å². The van der Waals surface area contributed by atoms with E-state index in [9.17, 15) is 14.2 Å². The second kappa shape index (κ2) is 13.1. The van der Waals surface area contributed by atoms with E-state index in [4.69, 9.17) is 13.8 Å². The molecule has 0 bridgehead atoms. The number of nitrogens with one attached hydrogen (secondary N) is 1. The monoisotopic (exact) mass is 447 g/mol. The molecule has 1 N–H and O–H groups in total. The molecule has 0 aliphatic heterocycles. The van der Waals surface area contributed by atoms with Crippen molar-refractivity contribution in [2.75, 3.05) is 19.8 Å². The van der Waals surface area contributed by atoms with Gasteiger partial charge < -0.3 is 19.1 Å². The first-order valence-electron chi connectivity index (χ1n) is 10.4. The highest BCUT2D eigenvalue weighted by molar-refractivity contribution is 7.55. The molecule has 0 aliphatic rings. The summed E-state index contributed by atoms with van der Waals surface area (Å²) in [5.41, 5.74) is 0.705. The quantitative estimate of drug-likeness (QED) is 0.367. The van der Waals surface area contributed by atoms with Crippen LogP contribution in [0.15, 0.2) is 60.7 Å². The first kappa shape index (κ1) is 24.8. The van der Waals surface area contributed by atoms with E-state index in [2.05, 4.69) is 5.32 Å². The normalized spacial score (nSPS) is 12.2. The Morgan fingerprint density at radius 2 is 1.45 bits per heavy atom. The van der Waals surface area contributed by atoms with E-state index in [-0.39, 0.29) is 39.2 Å². The van der Waals surface area contributed by atoms with Crippen molar-refractivity contribution in [3.63, 3.8) is 0 Å². The maximum Gasteiger partial charge on any atom is 0.343 e. The third-order valence-corrected chi connectivity index (χ3v) is 6.86. The number of hydrogen-bond acceptors (Lipinski definition) is 6. The Morgan fingerprint density at radius 3 is 2.00 bits per heavy atom. The Hall–Kier alpha value is -2.47. The fourth-order valence-electron chi connectivity index (χ4n) is 2.98. The van der Waals surface area contributed by atoms with Crippen LogP contribution in [0.3, 0.4) is 0 Å². The number of ether oxygens (including phenoxy) is 1. The third-order valence-electron chi connectivity index (χ3n) is 4.45. The number of rotatable bonds is 13. The maximum atomic E-state index is 13.3. The minimum absolute atomic E-state index is 0.00417. The molecule has 0 spiro atoms. The van der Waals surface area contributed by atoms with Gasteiger partial charge in [0, 0.05) is 6.54 Å². The van der Waals surface area contributed by atoms with Gasteiger partial charge in [-0.15, -0.1) is 0 Å². The molecular formula is C23H30NO6P. The first-order valence-corrected chi connectivity index (χ1v) is 12.0. The fourth-order valence-corrected chi connectivity index (χ4v) is 4.95. The van der Waals surface area contributed by atoms with Gasteiger partial charge in [0.2, 0.25) is 5.91 Å². The number of amides is 1. The second-order valence-corrected chi connectivity index (χ2v) is 8.99. The Kier molecular flexibility index (Phi) is 10.4. The molecule has 7 nitrogen and oxygen atoms in total. The number of carbonyl (C=O) groups is 2. The number of esters is 1. The van der Waals surface area contributed by atoms with Gasteiger partial charge >= 0.3 is 13.6 Å². The Morgan fingerprint density at radius 1 is 0.903 bits per heavy atom. The van der Waals surface area contributed by atoms with Gasteiger partial charge in [-0.25, -0.2) is 0 Å². The van der Waals surface area contributed by atoms with Crippen molar-refractivity contribution < 1.29 is 27.9 Å². The second-order valence-electron chi connectivity index (χ2n) is 6.77. The van der Waals surface area contributed by atoms with E-state index in [1.165, 1.54) is 0 Å². The number of hydrogen-bond donors (Lipinski definition) is 1. The fraction of sp³-hybridized carbons (Fsp3) is 0.391. The van der Waals surface area contributed by atoms with Gasteiger partial charge in [-0.3, -0.25) is 14.2 Å². The molecule has 0 fully saturated rings. The molecule has 2 aromatic rings. The molecule has 2 rings (SSSR count). The molecule has 0 radical (unpaired) electrons. The Labute approximate surface area is 183 Å². The third kappa shape index (κ3) is 8.29. The van der Waals surface area contributed by atoms with Crippen LogP contribution in [0.25, 0.3) is 0 Å². The molecule has 0 unspecified atom stereocenters. The average Bonchev–Trinajstić information content (AvgIpc) is 2.77. The standard InChI is InChI=1S/C23H30NO6P/c1-3-29-31(27,30-4-2)21(17-19-11-7-5-8-12-19)23(26)24-16-15-22(25)28-18-20-13-9-6-10-14-20/h5-14,21H,3-4,15-18H2,1-2H3,(H,24,26)/t21-/m1/s1. The SMILES string of the molecule is CCOP(=O)(OCC)[C@H](Cc1ccccc1)C(=O)NCCC(=O)OCc1ccccc1. The van der Waals surface area contributed by atoms with Crippen LogP contribution < -0.4 is 5.32 Å². The van der Waals surface area contributed by atoms with Gasteiger partial charge in [0.1, 0.15) is 12.3 Å². The summed E-state index contributed by atoms with van der Waals surface area (Å²) >= 11 is 0. The summed E-state index contributed by atoms with van der Waals surface area (Å²) in [6.45, 7) is 3.95. The highest BCUT2D eigenvalue weighted by atomic mass is 31.2. The molecule has 31 heavy (non-hydrogen) atoms. The average molecular weight is 447 g/mol. The molecule has 0 aromatic heterocycles. The Balaban J connectivity index is 1.96. The summed E-state index contributed by atoms with van der Waals surface area (Å²) in [4.78, 5) is 24.9. The topological polar surface area (TPSA) is 90.9 Å². The molecule has 0 aliphatic carbocycles. The van der Waals surface area contributed by atoms with E-state index in [1.54, 1.807) is 13.8 Å². The van der Waals surface area contributed by atoms with Crippen molar-refractivity contribution in [2.45, 2.75) is 39.0 Å². The van der Waals surface area contributed by atoms with Crippen molar-refractivity contribution in [3.8, 4) is 0 Å². The lowest BCUT2D eigenvalue weighted by molar-refractivity contribution is -0.144. The summed E-state index contributed by atoms with van der Waals surface area (Å²) in [5, 5.41) is 2.68. The minimum Gasteiger partial charge on any atom is -0.461 e. The van der Waals surface area contributed by atoms with Crippen LogP contribution in [-0.2, 0) is 41.0 Å². The van der Waals surface area contributed by atoms with Crippen molar-refractivity contribution >= 4 is 19.5 Å². The predicted octanol–water partition coefficient (Wildman–Crippen LogP) is 4.11. The van der Waals surface area contributed by atoms with E-state index < -0.39 is 25.1 Å². The molecule has 2 aromatic carbocycles. The predicted molar refractivity (Wildman–Crippen MR) is 119 cm³/mol. The lowest BCUT2D eigenvalue weighted by Gasteiger charge is -2.25. The maximum absolute atomic E-state index is 13.3. The van der Waals surface area contributed by atoms with Crippen molar-refractivity contribution in [1.29, 1.82) is 0 Å². The van der Waals surface area contributed by atoms with Crippen LogP contribution in [0, 0.1) is 0 Å². The van der Waals surface area contributed by atoms with Crippen LogP contribution in [0.1, 0.15) is 31.4 Å². The molecule has 8 heteroatoms. The lowest BCUT2D eigenvalue weighted by Crippen LogP contribution is -2.38. The lowest BCUT2D eigenvalue weighted by atomic mass is 10.1. The smallest absolute Gasteiger partial charge is 0.343 e.